The SMILES string of the molecule is C=CCC(F)(F)c1cnn(-c2c(O)cccc2OC)c1. The van der Waals surface area contributed by atoms with Crippen molar-refractivity contribution in [3.05, 3.63) is 48.8 Å². The molecule has 0 unspecified atom stereocenters. The van der Waals surface area contributed by atoms with Crippen molar-refractivity contribution in [2.75, 3.05) is 7.11 Å². The lowest BCUT2D eigenvalue weighted by atomic mass is 10.1. The predicted octanol–water partition coefficient (Wildman–Crippen LogP) is 3.25. The standard InChI is InChI=1S/C14H14F2N2O2/c1-3-7-14(15,16)10-8-17-18(9-10)13-11(19)5-4-6-12(13)20-2/h3-6,8-9,19H,1,7H2,2H3. The Morgan fingerprint density at radius 3 is 2.90 bits per heavy atom. The predicted molar refractivity (Wildman–Crippen MR) is 70.5 cm³/mol. The summed E-state index contributed by atoms with van der Waals surface area (Å²) in [6.45, 7) is 3.31. The molecule has 0 amide bonds. The fraction of sp³-hybridized carbons (Fsp3) is 0.214. The Kier molecular flexibility index (Phi) is 3.74. The van der Waals surface area contributed by atoms with Crippen LogP contribution in [0.2, 0.25) is 0 Å². The summed E-state index contributed by atoms with van der Waals surface area (Å²) >= 11 is 0. The molecule has 0 atom stereocenters. The first-order valence-electron chi connectivity index (χ1n) is 5.90. The van der Waals surface area contributed by atoms with Gasteiger partial charge in [0.2, 0.25) is 0 Å². The second kappa shape index (κ2) is 5.32. The summed E-state index contributed by atoms with van der Waals surface area (Å²) in [6, 6.07) is 4.63. The molecule has 0 aliphatic heterocycles. The molecule has 0 aliphatic rings. The Balaban J connectivity index is 2.46. The number of hydrogen-bond acceptors (Lipinski definition) is 3. The van der Waals surface area contributed by atoms with Crippen LogP contribution in [0.5, 0.6) is 11.5 Å². The number of aromatic hydroxyl groups is 1. The largest absolute Gasteiger partial charge is 0.506 e. The zero-order valence-electron chi connectivity index (χ0n) is 10.9. The Bertz CT molecular complexity index is 623. The maximum Gasteiger partial charge on any atom is 0.279 e. The van der Waals surface area contributed by atoms with E-state index in [-0.39, 0.29) is 17.0 Å². The molecule has 2 rings (SSSR count). The van der Waals surface area contributed by atoms with Crippen molar-refractivity contribution in [1.82, 2.24) is 9.78 Å². The van der Waals surface area contributed by atoms with Crippen molar-refractivity contribution in [3.8, 4) is 17.2 Å². The van der Waals surface area contributed by atoms with Crippen LogP contribution in [0.15, 0.2) is 43.2 Å². The van der Waals surface area contributed by atoms with Crippen LogP contribution >= 0.6 is 0 Å². The molecule has 6 heteroatoms. The van der Waals surface area contributed by atoms with Crippen LogP contribution in [0.1, 0.15) is 12.0 Å². The van der Waals surface area contributed by atoms with Gasteiger partial charge < -0.3 is 9.84 Å². The quantitative estimate of drug-likeness (QED) is 0.855. The summed E-state index contributed by atoms with van der Waals surface area (Å²) in [5, 5.41) is 13.7. The van der Waals surface area contributed by atoms with Gasteiger partial charge in [0.25, 0.3) is 5.92 Å². The van der Waals surface area contributed by atoms with E-state index in [9.17, 15) is 13.9 Å². The summed E-state index contributed by atoms with van der Waals surface area (Å²) in [4.78, 5) is 0. The van der Waals surface area contributed by atoms with E-state index in [1.807, 2.05) is 0 Å². The zero-order valence-corrected chi connectivity index (χ0v) is 10.9. The molecule has 1 N–H and O–H groups in total. The maximum absolute atomic E-state index is 13.8. The van der Waals surface area contributed by atoms with Gasteiger partial charge in [0.15, 0.2) is 0 Å². The Morgan fingerprint density at radius 1 is 1.50 bits per heavy atom. The molecule has 1 aromatic heterocycles. The first-order valence-corrected chi connectivity index (χ1v) is 5.90. The van der Waals surface area contributed by atoms with Crippen LogP contribution in [-0.4, -0.2) is 22.0 Å². The summed E-state index contributed by atoms with van der Waals surface area (Å²) in [5.74, 6) is -2.81. The van der Waals surface area contributed by atoms with Gasteiger partial charge in [-0.1, -0.05) is 12.1 Å². The third-order valence-corrected chi connectivity index (χ3v) is 2.83. The number of methoxy groups -OCH3 is 1. The molecule has 0 bridgehead atoms. The molecular formula is C14H14F2N2O2. The van der Waals surface area contributed by atoms with Gasteiger partial charge in [-0.2, -0.15) is 5.10 Å². The van der Waals surface area contributed by atoms with Gasteiger partial charge in [0, 0.05) is 12.6 Å². The highest BCUT2D eigenvalue weighted by atomic mass is 19.3. The fourth-order valence-electron chi connectivity index (χ4n) is 1.84. The lowest BCUT2D eigenvalue weighted by Gasteiger charge is -2.12. The van der Waals surface area contributed by atoms with Crippen LogP contribution < -0.4 is 4.74 Å². The van der Waals surface area contributed by atoms with Crippen LogP contribution in [-0.2, 0) is 5.92 Å². The van der Waals surface area contributed by atoms with E-state index in [0.717, 1.165) is 12.3 Å². The van der Waals surface area contributed by atoms with Crippen LogP contribution in [0.3, 0.4) is 0 Å². The summed E-state index contributed by atoms with van der Waals surface area (Å²) in [7, 11) is 1.43. The third-order valence-electron chi connectivity index (χ3n) is 2.83. The lowest BCUT2D eigenvalue weighted by molar-refractivity contribution is -0.000885. The monoisotopic (exact) mass is 280 g/mol. The first kappa shape index (κ1) is 14.0. The number of benzene rings is 1. The summed E-state index contributed by atoms with van der Waals surface area (Å²) in [6.07, 6.45) is 2.91. The molecule has 2 aromatic rings. The molecule has 0 saturated carbocycles. The molecule has 0 radical (unpaired) electrons. The van der Waals surface area contributed by atoms with Gasteiger partial charge in [0.1, 0.15) is 17.2 Å². The van der Waals surface area contributed by atoms with Crippen molar-refractivity contribution < 1.29 is 18.6 Å². The van der Waals surface area contributed by atoms with Gasteiger partial charge in [-0.15, -0.1) is 6.58 Å². The smallest absolute Gasteiger partial charge is 0.279 e. The van der Waals surface area contributed by atoms with E-state index < -0.39 is 12.3 Å². The van der Waals surface area contributed by atoms with Gasteiger partial charge in [-0.25, -0.2) is 13.5 Å². The minimum absolute atomic E-state index is 0.106. The number of rotatable bonds is 5. The van der Waals surface area contributed by atoms with Crippen molar-refractivity contribution in [2.24, 2.45) is 0 Å². The summed E-state index contributed by atoms with van der Waals surface area (Å²) < 4.78 is 33.8. The molecule has 0 spiro atoms. The number of para-hydroxylation sites is 1. The minimum Gasteiger partial charge on any atom is -0.506 e. The highest BCUT2D eigenvalue weighted by Crippen LogP contribution is 2.35. The highest BCUT2D eigenvalue weighted by molar-refractivity contribution is 5.56. The number of nitrogens with zero attached hydrogens (tertiary/aromatic N) is 2. The maximum atomic E-state index is 13.8. The zero-order chi connectivity index (χ0) is 14.8. The molecular weight excluding hydrogens is 266 g/mol. The Labute approximate surface area is 114 Å². The lowest BCUT2D eigenvalue weighted by Crippen LogP contribution is -2.10. The minimum atomic E-state index is -3.04. The first-order chi connectivity index (χ1) is 9.49. The number of phenols is 1. The van der Waals surface area contributed by atoms with E-state index in [0.29, 0.717) is 5.75 Å². The van der Waals surface area contributed by atoms with Crippen molar-refractivity contribution in [3.63, 3.8) is 0 Å². The molecule has 106 valence electrons. The molecule has 0 fully saturated rings. The van der Waals surface area contributed by atoms with E-state index in [1.54, 1.807) is 12.1 Å². The van der Waals surface area contributed by atoms with E-state index in [4.69, 9.17) is 4.74 Å². The molecule has 1 aromatic carbocycles. The van der Waals surface area contributed by atoms with Crippen LogP contribution in [0.25, 0.3) is 5.69 Å². The third kappa shape index (κ3) is 2.49. The highest BCUT2D eigenvalue weighted by Gasteiger charge is 2.31. The number of phenolic OH excluding ortho intramolecular Hbond substituents is 1. The number of aromatic nitrogens is 2. The van der Waals surface area contributed by atoms with Gasteiger partial charge in [-0.3, -0.25) is 0 Å². The number of alkyl halides is 2. The van der Waals surface area contributed by atoms with E-state index in [2.05, 4.69) is 11.7 Å². The second-order valence-corrected chi connectivity index (χ2v) is 4.20. The van der Waals surface area contributed by atoms with Crippen LogP contribution in [0, 0.1) is 0 Å². The molecule has 0 saturated heterocycles. The molecule has 1 heterocycles. The molecule has 0 aliphatic carbocycles. The van der Waals surface area contributed by atoms with Gasteiger partial charge in [-0.05, 0) is 12.1 Å². The molecule has 20 heavy (non-hydrogen) atoms. The normalized spacial score (nSPS) is 11.3. The van der Waals surface area contributed by atoms with E-state index >= 15 is 0 Å². The average molecular weight is 280 g/mol. The number of hydrogen-bond donors (Lipinski definition) is 1. The fourth-order valence-corrected chi connectivity index (χ4v) is 1.84. The van der Waals surface area contributed by atoms with Crippen molar-refractivity contribution >= 4 is 0 Å². The number of halogens is 2. The Morgan fingerprint density at radius 2 is 2.25 bits per heavy atom. The van der Waals surface area contributed by atoms with Crippen LogP contribution in [0.4, 0.5) is 8.78 Å². The number of ether oxygens (including phenoxy) is 1. The molecule has 4 nitrogen and oxygen atoms in total. The summed E-state index contributed by atoms with van der Waals surface area (Å²) in [5.41, 5.74) is -0.0293. The van der Waals surface area contributed by atoms with Crippen molar-refractivity contribution in [2.45, 2.75) is 12.3 Å². The van der Waals surface area contributed by atoms with E-state index in [1.165, 1.54) is 24.1 Å². The Hall–Kier alpha value is -2.37. The topological polar surface area (TPSA) is 47.3 Å². The van der Waals surface area contributed by atoms with Crippen molar-refractivity contribution in [1.29, 1.82) is 0 Å². The number of allylic oxidation sites excluding steroid dienone is 1. The van der Waals surface area contributed by atoms with Gasteiger partial charge in [0.05, 0.1) is 18.9 Å². The average Bonchev–Trinajstić information content (AvgIpc) is 2.88. The van der Waals surface area contributed by atoms with Gasteiger partial charge >= 0.3 is 0 Å². The second-order valence-electron chi connectivity index (χ2n) is 4.20.